The standard InChI is InChI=1S/C11H22N2OS/c1-3-5-10(12)11(14)13-6-7-15-9(4-2)8-13/h9-10H,3-8,12H2,1-2H3/t9?,10-/m1/s1. The summed E-state index contributed by atoms with van der Waals surface area (Å²) in [6.45, 7) is 6.00. The Morgan fingerprint density at radius 3 is 2.93 bits per heavy atom. The molecular weight excluding hydrogens is 208 g/mol. The van der Waals surface area contributed by atoms with Crippen molar-refractivity contribution >= 4 is 17.7 Å². The quantitative estimate of drug-likeness (QED) is 0.795. The molecular formula is C11H22N2OS. The van der Waals surface area contributed by atoms with Crippen molar-refractivity contribution in [3.8, 4) is 0 Å². The van der Waals surface area contributed by atoms with E-state index in [0.29, 0.717) is 5.25 Å². The number of nitrogens with two attached hydrogens (primary N) is 1. The van der Waals surface area contributed by atoms with E-state index in [2.05, 4.69) is 13.8 Å². The molecule has 0 bridgehead atoms. The van der Waals surface area contributed by atoms with E-state index in [-0.39, 0.29) is 11.9 Å². The van der Waals surface area contributed by atoms with Gasteiger partial charge in [0.1, 0.15) is 0 Å². The van der Waals surface area contributed by atoms with Crippen molar-refractivity contribution in [2.24, 2.45) is 5.73 Å². The van der Waals surface area contributed by atoms with Gasteiger partial charge in [-0.15, -0.1) is 0 Å². The third-order valence-electron chi connectivity index (χ3n) is 2.82. The molecule has 0 aliphatic carbocycles. The number of carbonyl (C=O) groups excluding carboxylic acids is 1. The van der Waals surface area contributed by atoms with Crippen LogP contribution < -0.4 is 5.73 Å². The average Bonchev–Trinajstić information content (AvgIpc) is 2.28. The molecule has 88 valence electrons. The van der Waals surface area contributed by atoms with Crippen molar-refractivity contribution < 1.29 is 4.79 Å². The molecule has 1 heterocycles. The lowest BCUT2D eigenvalue weighted by atomic mass is 10.1. The molecule has 15 heavy (non-hydrogen) atoms. The van der Waals surface area contributed by atoms with Crippen molar-refractivity contribution in [3.63, 3.8) is 0 Å². The van der Waals surface area contributed by atoms with Crippen molar-refractivity contribution in [3.05, 3.63) is 0 Å². The summed E-state index contributed by atoms with van der Waals surface area (Å²) >= 11 is 1.97. The zero-order valence-corrected chi connectivity index (χ0v) is 10.6. The van der Waals surface area contributed by atoms with Crippen LogP contribution in [0.5, 0.6) is 0 Å². The van der Waals surface area contributed by atoms with E-state index >= 15 is 0 Å². The Hall–Kier alpha value is -0.220. The maximum atomic E-state index is 11.9. The highest BCUT2D eigenvalue weighted by Crippen LogP contribution is 2.21. The van der Waals surface area contributed by atoms with Crippen LogP contribution in [0.25, 0.3) is 0 Å². The van der Waals surface area contributed by atoms with E-state index in [9.17, 15) is 4.79 Å². The van der Waals surface area contributed by atoms with Gasteiger partial charge in [-0.3, -0.25) is 4.79 Å². The molecule has 0 aromatic rings. The second kappa shape index (κ2) is 6.38. The molecule has 0 saturated carbocycles. The van der Waals surface area contributed by atoms with Crippen molar-refractivity contribution in [1.29, 1.82) is 0 Å². The average molecular weight is 230 g/mol. The minimum atomic E-state index is -0.282. The number of amides is 1. The third kappa shape index (κ3) is 3.68. The number of nitrogens with zero attached hydrogens (tertiary/aromatic N) is 1. The Balaban J connectivity index is 2.44. The van der Waals surface area contributed by atoms with E-state index < -0.39 is 0 Å². The Kier molecular flexibility index (Phi) is 5.47. The molecule has 1 rings (SSSR count). The van der Waals surface area contributed by atoms with E-state index in [4.69, 9.17) is 5.73 Å². The van der Waals surface area contributed by atoms with Crippen LogP contribution in [-0.4, -0.2) is 40.9 Å². The van der Waals surface area contributed by atoms with Gasteiger partial charge in [0.25, 0.3) is 0 Å². The molecule has 1 saturated heterocycles. The number of thioether (sulfide) groups is 1. The van der Waals surface area contributed by atoms with Gasteiger partial charge in [-0.2, -0.15) is 11.8 Å². The van der Waals surface area contributed by atoms with Crippen LogP contribution in [0.15, 0.2) is 0 Å². The molecule has 4 heteroatoms. The largest absolute Gasteiger partial charge is 0.339 e. The molecule has 0 aromatic carbocycles. The molecule has 3 nitrogen and oxygen atoms in total. The first-order chi connectivity index (χ1) is 7.19. The van der Waals surface area contributed by atoms with Crippen LogP contribution >= 0.6 is 11.8 Å². The summed E-state index contributed by atoms with van der Waals surface area (Å²) in [5.74, 6) is 1.21. The molecule has 1 aliphatic rings. The van der Waals surface area contributed by atoms with Crippen LogP contribution in [0.3, 0.4) is 0 Å². The van der Waals surface area contributed by atoms with Crippen LogP contribution in [-0.2, 0) is 4.79 Å². The summed E-state index contributed by atoms with van der Waals surface area (Å²) in [6.07, 6.45) is 2.92. The predicted molar refractivity (Wildman–Crippen MR) is 66.0 cm³/mol. The topological polar surface area (TPSA) is 46.3 Å². The predicted octanol–water partition coefficient (Wildman–Crippen LogP) is 1.47. The van der Waals surface area contributed by atoms with Gasteiger partial charge in [0.05, 0.1) is 6.04 Å². The monoisotopic (exact) mass is 230 g/mol. The number of carbonyl (C=O) groups is 1. The first-order valence-corrected chi connectivity index (χ1v) is 6.89. The minimum absolute atomic E-state index is 0.149. The van der Waals surface area contributed by atoms with Gasteiger partial charge in [0.15, 0.2) is 0 Å². The Morgan fingerprint density at radius 2 is 2.33 bits per heavy atom. The zero-order chi connectivity index (χ0) is 11.3. The van der Waals surface area contributed by atoms with E-state index in [1.807, 2.05) is 16.7 Å². The molecule has 0 spiro atoms. The van der Waals surface area contributed by atoms with Crippen molar-refractivity contribution in [2.45, 2.75) is 44.4 Å². The first kappa shape index (κ1) is 12.8. The number of hydrogen-bond acceptors (Lipinski definition) is 3. The second-order valence-electron chi connectivity index (χ2n) is 4.08. The van der Waals surface area contributed by atoms with Crippen LogP contribution in [0, 0.1) is 0 Å². The minimum Gasteiger partial charge on any atom is -0.339 e. The summed E-state index contributed by atoms with van der Waals surface area (Å²) in [5.41, 5.74) is 5.85. The Morgan fingerprint density at radius 1 is 1.60 bits per heavy atom. The normalized spacial score (nSPS) is 23.9. The lowest BCUT2D eigenvalue weighted by Gasteiger charge is -2.33. The lowest BCUT2D eigenvalue weighted by Crippen LogP contribution is -2.49. The van der Waals surface area contributed by atoms with E-state index in [0.717, 1.165) is 38.1 Å². The maximum Gasteiger partial charge on any atom is 0.239 e. The van der Waals surface area contributed by atoms with Gasteiger partial charge in [0, 0.05) is 24.1 Å². The zero-order valence-electron chi connectivity index (χ0n) is 9.74. The molecule has 1 amide bonds. The van der Waals surface area contributed by atoms with E-state index in [1.54, 1.807) is 0 Å². The highest BCUT2D eigenvalue weighted by atomic mass is 32.2. The SMILES string of the molecule is CCC[C@@H](N)C(=O)N1CCSC(CC)C1. The number of hydrogen-bond donors (Lipinski definition) is 1. The van der Waals surface area contributed by atoms with Gasteiger partial charge < -0.3 is 10.6 Å². The van der Waals surface area contributed by atoms with Gasteiger partial charge in [-0.05, 0) is 12.8 Å². The van der Waals surface area contributed by atoms with E-state index in [1.165, 1.54) is 0 Å². The Bertz CT molecular complexity index is 211. The van der Waals surface area contributed by atoms with Crippen LogP contribution in [0.2, 0.25) is 0 Å². The van der Waals surface area contributed by atoms with Crippen molar-refractivity contribution in [1.82, 2.24) is 4.90 Å². The molecule has 2 atom stereocenters. The summed E-state index contributed by atoms with van der Waals surface area (Å²) in [5, 5.41) is 0.608. The van der Waals surface area contributed by atoms with Gasteiger partial charge in [-0.1, -0.05) is 20.3 Å². The smallest absolute Gasteiger partial charge is 0.239 e. The van der Waals surface area contributed by atoms with Crippen molar-refractivity contribution in [2.75, 3.05) is 18.8 Å². The fourth-order valence-corrected chi connectivity index (χ4v) is 3.02. The van der Waals surface area contributed by atoms with Crippen LogP contribution in [0.1, 0.15) is 33.1 Å². The fourth-order valence-electron chi connectivity index (χ4n) is 1.84. The van der Waals surface area contributed by atoms with Gasteiger partial charge >= 0.3 is 0 Å². The number of rotatable bonds is 4. The molecule has 1 unspecified atom stereocenters. The lowest BCUT2D eigenvalue weighted by molar-refractivity contribution is -0.132. The molecule has 0 radical (unpaired) electrons. The molecule has 1 aliphatic heterocycles. The summed E-state index contributed by atoms with van der Waals surface area (Å²) < 4.78 is 0. The highest BCUT2D eigenvalue weighted by molar-refractivity contribution is 8.00. The third-order valence-corrected chi connectivity index (χ3v) is 4.19. The highest BCUT2D eigenvalue weighted by Gasteiger charge is 2.25. The molecule has 2 N–H and O–H groups in total. The first-order valence-electron chi connectivity index (χ1n) is 5.85. The molecule has 0 aromatic heterocycles. The van der Waals surface area contributed by atoms with Crippen LogP contribution in [0.4, 0.5) is 0 Å². The maximum absolute atomic E-state index is 11.9. The second-order valence-corrected chi connectivity index (χ2v) is 5.49. The Labute approximate surface area is 96.8 Å². The summed E-state index contributed by atoms with van der Waals surface area (Å²) in [7, 11) is 0. The summed E-state index contributed by atoms with van der Waals surface area (Å²) in [6, 6.07) is -0.282. The van der Waals surface area contributed by atoms with Gasteiger partial charge in [0.2, 0.25) is 5.91 Å². The molecule has 1 fully saturated rings. The van der Waals surface area contributed by atoms with Gasteiger partial charge in [-0.25, -0.2) is 0 Å². The summed E-state index contributed by atoms with van der Waals surface area (Å²) in [4.78, 5) is 13.9. The fraction of sp³-hybridized carbons (Fsp3) is 0.909.